The van der Waals surface area contributed by atoms with Crippen LogP contribution >= 0.6 is 0 Å². The lowest BCUT2D eigenvalue weighted by Gasteiger charge is -2.36. The Bertz CT molecular complexity index is 731. The predicted molar refractivity (Wildman–Crippen MR) is 109 cm³/mol. The van der Waals surface area contributed by atoms with Crippen LogP contribution in [0.5, 0.6) is 0 Å². The van der Waals surface area contributed by atoms with E-state index in [4.69, 9.17) is 0 Å². The number of anilines is 2. The highest BCUT2D eigenvalue weighted by atomic mass is 16.2. The molecule has 0 spiro atoms. The molecule has 1 aliphatic rings. The van der Waals surface area contributed by atoms with Crippen molar-refractivity contribution in [3.05, 3.63) is 59.7 Å². The molecule has 3 rings (SSSR count). The van der Waals surface area contributed by atoms with Crippen molar-refractivity contribution in [2.75, 3.05) is 42.9 Å². The van der Waals surface area contributed by atoms with E-state index in [2.05, 4.69) is 72.3 Å². The van der Waals surface area contributed by atoms with Gasteiger partial charge in [0.1, 0.15) is 0 Å². The zero-order valence-electron chi connectivity index (χ0n) is 16.0. The first-order valence-corrected chi connectivity index (χ1v) is 9.45. The molecule has 4 heteroatoms. The van der Waals surface area contributed by atoms with Crippen LogP contribution in [0.4, 0.5) is 11.4 Å². The summed E-state index contributed by atoms with van der Waals surface area (Å²) in [5.74, 6) is 0.566. The van der Waals surface area contributed by atoms with Crippen molar-refractivity contribution in [2.45, 2.75) is 26.7 Å². The monoisotopic (exact) mass is 351 g/mol. The summed E-state index contributed by atoms with van der Waals surface area (Å²) in [5.41, 5.74) is 4.78. The number of carbonyl (C=O) groups is 1. The summed E-state index contributed by atoms with van der Waals surface area (Å²) in [5, 5.41) is 3.01. The second-order valence-electron chi connectivity index (χ2n) is 7.37. The van der Waals surface area contributed by atoms with Gasteiger partial charge in [0.25, 0.3) is 0 Å². The third kappa shape index (κ3) is 4.64. The van der Waals surface area contributed by atoms with Gasteiger partial charge in [-0.3, -0.25) is 9.69 Å². The summed E-state index contributed by atoms with van der Waals surface area (Å²) < 4.78 is 0. The van der Waals surface area contributed by atoms with E-state index in [1.54, 1.807) is 0 Å². The van der Waals surface area contributed by atoms with Gasteiger partial charge in [0.2, 0.25) is 5.91 Å². The molecule has 4 nitrogen and oxygen atoms in total. The van der Waals surface area contributed by atoms with Crippen LogP contribution in [-0.2, 0) is 4.79 Å². The second-order valence-corrected chi connectivity index (χ2v) is 7.37. The number of nitrogens with one attached hydrogen (secondary N) is 1. The lowest BCUT2D eigenvalue weighted by molar-refractivity contribution is -0.117. The van der Waals surface area contributed by atoms with E-state index in [0.717, 1.165) is 31.9 Å². The van der Waals surface area contributed by atoms with Crippen LogP contribution in [0.15, 0.2) is 48.5 Å². The van der Waals surface area contributed by atoms with E-state index in [9.17, 15) is 4.79 Å². The average molecular weight is 351 g/mol. The summed E-state index contributed by atoms with van der Waals surface area (Å²) in [6, 6.07) is 16.6. The van der Waals surface area contributed by atoms with E-state index in [-0.39, 0.29) is 5.91 Å². The van der Waals surface area contributed by atoms with E-state index in [1.165, 1.54) is 16.8 Å². The highest BCUT2D eigenvalue weighted by Crippen LogP contribution is 2.21. The topological polar surface area (TPSA) is 35.6 Å². The van der Waals surface area contributed by atoms with Gasteiger partial charge in [0, 0.05) is 37.6 Å². The maximum atomic E-state index is 12.3. The maximum Gasteiger partial charge on any atom is 0.238 e. The number of amides is 1. The summed E-state index contributed by atoms with van der Waals surface area (Å²) >= 11 is 0. The van der Waals surface area contributed by atoms with Gasteiger partial charge in [0.15, 0.2) is 0 Å². The number of hydrogen-bond donors (Lipinski definition) is 1. The fourth-order valence-electron chi connectivity index (χ4n) is 3.42. The molecule has 0 aliphatic carbocycles. The molecule has 138 valence electrons. The van der Waals surface area contributed by atoms with Crippen molar-refractivity contribution in [3.63, 3.8) is 0 Å². The molecule has 0 aromatic heterocycles. The molecular formula is C22H29N3O. The molecule has 1 N–H and O–H groups in total. The quantitative estimate of drug-likeness (QED) is 0.888. The van der Waals surface area contributed by atoms with Gasteiger partial charge in [-0.25, -0.2) is 0 Å². The highest BCUT2D eigenvalue weighted by molar-refractivity contribution is 5.92. The second kappa shape index (κ2) is 8.37. The highest BCUT2D eigenvalue weighted by Gasteiger charge is 2.20. The van der Waals surface area contributed by atoms with E-state index >= 15 is 0 Å². The van der Waals surface area contributed by atoms with Gasteiger partial charge in [-0.2, -0.15) is 0 Å². The Morgan fingerprint density at radius 3 is 2.27 bits per heavy atom. The molecule has 1 amide bonds. The molecule has 0 bridgehead atoms. The smallest absolute Gasteiger partial charge is 0.238 e. The number of aryl methyl sites for hydroxylation is 1. The predicted octanol–water partition coefficient (Wildman–Crippen LogP) is 3.88. The average Bonchev–Trinajstić information content (AvgIpc) is 2.63. The van der Waals surface area contributed by atoms with Crippen LogP contribution in [0.2, 0.25) is 0 Å². The number of hydrogen-bond acceptors (Lipinski definition) is 3. The molecule has 0 atom stereocenters. The third-order valence-corrected chi connectivity index (χ3v) is 5.06. The summed E-state index contributed by atoms with van der Waals surface area (Å²) in [6.45, 7) is 10.7. The number of rotatable bonds is 5. The van der Waals surface area contributed by atoms with Gasteiger partial charge in [0.05, 0.1) is 6.54 Å². The molecule has 1 fully saturated rings. The van der Waals surface area contributed by atoms with Gasteiger partial charge in [-0.15, -0.1) is 0 Å². The standard InChI is InChI=1S/C22H29N3O/c1-17(2)19-8-10-20(11-9-19)23-22(26)16-24-12-14-25(15-13-24)21-7-5-4-6-18(21)3/h4-11,17H,12-16H2,1-3H3,(H,23,26). The summed E-state index contributed by atoms with van der Waals surface area (Å²) in [7, 11) is 0. The zero-order chi connectivity index (χ0) is 18.5. The SMILES string of the molecule is Cc1ccccc1N1CCN(CC(=O)Nc2ccc(C(C)C)cc2)CC1. The largest absolute Gasteiger partial charge is 0.369 e. The van der Waals surface area contributed by atoms with Gasteiger partial charge < -0.3 is 10.2 Å². The molecule has 26 heavy (non-hydrogen) atoms. The van der Waals surface area contributed by atoms with Gasteiger partial charge in [-0.1, -0.05) is 44.2 Å². The number of nitrogens with zero attached hydrogens (tertiary/aromatic N) is 2. The fourth-order valence-corrected chi connectivity index (χ4v) is 3.42. The molecule has 2 aromatic rings. The molecule has 2 aromatic carbocycles. The third-order valence-electron chi connectivity index (χ3n) is 5.06. The molecule has 1 aliphatic heterocycles. The van der Waals surface area contributed by atoms with Crippen LogP contribution in [-0.4, -0.2) is 43.5 Å². The molecular weight excluding hydrogens is 322 g/mol. The normalized spacial score (nSPS) is 15.3. The Balaban J connectivity index is 1.48. The minimum absolute atomic E-state index is 0.0617. The van der Waals surface area contributed by atoms with Crippen LogP contribution < -0.4 is 10.2 Å². The maximum absolute atomic E-state index is 12.3. The Morgan fingerprint density at radius 2 is 1.65 bits per heavy atom. The Hall–Kier alpha value is -2.33. The first-order valence-electron chi connectivity index (χ1n) is 9.45. The van der Waals surface area contributed by atoms with Crippen LogP contribution in [0.3, 0.4) is 0 Å². The summed E-state index contributed by atoms with van der Waals surface area (Å²) in [4.78, 5) is 17.0. The van der Waals surface area contributed by atoms with E-state index in [0.29, 0.717) is 12.5 Å². The Kier molecular flexibility index (Phi) is 5.94. The number of benzene rings is 2. The van der Waals surface area contributed by atoms with Crippen molar-refractivity contribution in [2.24, 2.45) is 0 Å². The number of para-hydroxylation sites is 1. The zero-order valence-corrected chi connectivity index (χ0v) is 16.0. The van der Waals surface area contributed by atoms with E-state index < -0.39 is 0 Å². The van der Waals surface area contributed by atoms with Crippen molar-refractivity contribution in [1.29, 1.82) is 0 Å². The van der Waals surface area contributed by atoms with Crippen LogP contribution in [0.25, 0.3) is 0 Å². The fraction of sp³-hybridized carbons (Fsp3) is 0.409. The lowest BCUT2D eigenvalue weighted by atomic mass is 10.0. The first-order chi connectivity index (χ1) is 12.5. The Labute approximate surface area is 156 Å². The van der Waals surface area contributed by atoms with Gasteiger partial charge >= 0.3 is 0 Å². The first kappa shape index (κ1) is 18.5. The molecule has 0 unspecified atom stereocenters. The van der Waals surface area contributed by atoms with Crippen molar-refractivity contribution < 1.29 is 4.79 Å². The molecule has 0 saturated carbocycles. The van der Waals surface area contributed by atoms with Crippen LogP contribution in [0.1, 0.15) is 30.9 Å². The van der Waals surface area contributed by atoms with Gasteiger partial charge in [-0.05, 0) is 42.2 Å². The minimum atomic E-state index is 0.0617. The molecule has 1 saturated heterocycles. The minimum Gasteiger partial charge on any atom is -0.369 e. The van der Waals surface area contributed by atoms with Crippen molar-refractivity contribution in [3.8, 4) is 0 Å². The molecule has 0 radical (unpaired) electrons. The Morgan fingerprint density at radius 1 is 1.00 bits per heavy atom. The summed E-state index contributed by atoms with van der Waals surface area (Å²) in [6.07, 6.45) is 0. The van der Waals surface area contributed by atoms with Crippen LogP contribution in [0, 0.1) is 6.92 Å². The number of carbonyl (C=O) groups excluding carboxylic acids is 1. The molecule has 1 heterocycles. The lowest BCUT2D eigenvalue weighted by Crippen LogP contribution is -2.48. The van der Waals surface area contributed by atoms with E-state index in [1.807, 2.05) is 12.1 Å². The number of piperazine rings is 1. The van der Waals surface area contributed by atoms with Crippen molar-refractivity contribution in [1.82, 2.24) is 4.90 Å². The van der Waals surface area contributed by atoms with Crippen molar-refractivity contribution >= 4 is 17.3 Å².